The number of benzene rings is 1. The maximum atomic E-state index is 12.2. The number of hydrogen-bond donors (Lipinski definition) is 0. The molecule has 1 fully saturated rings. The van der Waals surface area contributed by atoms with Gasteiger partial charge in [-0.05, 0) is 12.1 Å². The highest BCUT2D eigenvalue weighted by Crippen LogP contribution is 2.29. The van der Waals surface area contributed by atoms with Gasteiger partial charge >= 0.3 is 0 Å². The molecule has 2 atom stereocenters. The van der Waals surface area contributed by atoms with Crippen LogP contribution in [0.1, 0.15) is 6.92 Å². The van der Waals surface area contributed by atoms with E-state index in [0.29, 0.717) is 30.4 Å². The molecule has 1 amide bonds. The highest BCUT2D eigenvalue weighted by molar-refractivity contribution is 8.00. The van der Waals surface area contributed by atoms with Gasteiger partial charge in [0, 0.05) is 28.9 Å². The summed E-state index contributed by atoms with van der Waals surface area (Å²) in [5.41, 5.74) is 0. The third-order valence-electron chi connectivity index (χ3n) is 3.37. The summed E-state index contributed by atoms with van der Waals surface area (Å²) in [6, 6.07) is 7.44. The summed E-state index contributed by atoms with van der Waals surface area (Å²) in [7, 11) is 0.525. The Morgan fingerprint density at radius 3 is 2.82 bits per heavy atom. The van der Waals surface area contributed by atoms with Crippen LogP contribution in [0.2, 0.25) is 0 Å². The highest BCUT2D eigenvalue weighted by Gasteiger charge is 2.30. The van der Waals surface area contributed by atoms with Crippen molar-refractivity contribution in [3.05, 3.63) is 24.3 Å². The first-order chi connectivity index (χ1) is 10.7. The van der Waals surface area contributed by atoms with Crippen molar-refractivity contribution in [1.82, 2.24) is 4.90 Å². The van der Waals surface area contributed by atoms with Gasteiger partial charge in [0.2, 0.25) is 5.91 Å². The van der Waals surface area contributed by atoms with Crippen molar-refractivity contribution in [3.8, 4) is 11.5 Å². The van der Waals surface area contributed by atoms with E-state index in [9.17, 15) is 9.00 Å². The first-order valence-electron chi connectivity index (χ1n) is 7.17. The first kappa shape index (κ1) is 17.1. The normalized spacial score (nSPS) is 19.0. The second-order valence-corrected chi connectivity index (χ2v) is 7.78. The molecule has 5 nitrogen and oxygen atoms in total. The molecule has 0 spiro atoms. The van der Waals surface area contributed by atoms with Crippen molar-refractivity contribution < 1.29 is 18.5 Å². The molecule has 1 aromatic carbocycles. The van der Waals surface area contributed by atoms with Crippen LogP contribution in [0.25, 0.3) is 0 Å². The number of carbonyl (C=O) groups excluding carboxylic acids is 1. The van der Waals surface area contributed by atoms with Crippen LogP contribution in [0.15, 0.2) is 24.3 Å². The molecule has 122 valence electrons. The van der Waals surface area contributed by atoms with Crippen molar-refractivity contribution in [2.24, 2.45) is 0 Å². The minimum absolute atomic E-state index is 0.0359. The van der Waals surface area contributed by atoms with Gasteiger partial charge in [-0.3, -0.25) is 9.00 Å². The largest absolute Gasteiger partial charge is 0.493 e. The number of nitrogens with zero attached hydrogens (tertiary/aromatic N) is 1. The van der Waals surface area contributed by atoms with Gasteiger partial charge in [-0.25, -0.2) is 0 Å². The van der Waals surface area contributed by atoms with E-state index in [1.807, 2.05) is 31.2 Å². The zero-order valence-corrected chi connectivity index (χ0v) is 14.5. The molecule has 1 saturated heterocycles. The Morgan fingerprint density at radius 2 is 2.14 bits per heavy atom. The van der Waals surface area contributed by atoms with Crippen molar-refractivity contribution in [2.45, 2.75) is 12.3 Å². The molecular weight excluding hydrogens is 322 g/mol. The third kappa shape index (κ3) is 4.39. The van der Waals surface area contributed by atoms with Gasteiger partial charge in [0.05, 0.1) is 7.11 Å². The standard InChI is InChI=1S/C15H21NO4S2/c1-3-22(18)11-14(17)16-8-9-21-15(16)10-20-13-7-5-4-6-12(13)19-2/h4-7,15H,3,8-11H2,1-2H3/t15-,22?/m1/s1. The number of amides is 1. The summed E-state index contributed by atoms with van der Waals surface area (Å²) >= 11 is 1.69. The molecule has 1 aromatic rings. The lowest BCUT2D eigenvalue weighted by Crippen LogP contribution is -2.40. The molecule has 1 aliphatic rings. The Labute approximate surface area is 137 Å². The van der Waals surface area contributed by atoms with E-state index in [-0.39, 0.29) is 17.0 Å². The number of ether oxygens (including phenoxy) is 2. The summed E-state index contributed by atoms with van der Waals surface area (Å²) in [6.45, 7) is 2.91. The van der Waals surface area contributed by atoms with Gasteiger partial charge in [0.25, 0.3) is 0 Å². The number of thioether (sulfide) groups is 1. The fraction of sp³-hybridized carbons (Fsp3) is 0.533. The average Bonchev–Trinajstić information content (AvgIpc) is 3.01. The van der Waals surface area contributed by atoms with E-state index in [4.69, 9.17) is 9.47 Å². The van der Waals surface area contributed by atoms with Crippen molar-refractivity contribution in [1.29, 1.82) is 0 Å². The smallest absolute Gasteiger partial charge is 0.236 e. The van der Waals surface area contributed by atoms with Crippen LogP contribution in [0.4, 0.5) is 0 Å². The number of rotatable bonds is 7. The van der Waals surface area contributed by atoms with Crippen LogP contribution in [0.5, 0.6) is 11.5 Å². The number of hydrogen-bond acceptors (Lipinski definition) is 5. The molecule has 0 aliphatic carbocycles. The molecule has 1 aliphatic heterocycles. The van der Waals surface area contributed by atoms with E-state index in [1.165, 1.54) is 0 Å². The molecule has 0 aromatic heterocycles. The summed E-state index contributed by atoms with van der Waals surface area (Å²) in [5, 5.41) is -0.0359. The molecular formula is C15H21NO4S2. The van der Waals surface area contributed by atoms with Crippen molar-refractivity contribution >= 4 is 28.5 Å². The summed E-state index contributed by atoms with van der Waals surface area (Å²) in [6.07, 6.45) is 0. The lowest BCUT2D eigenvalue weighted by molar-refractivity contribution is -0.128. The second kappa shape index (κ2) is 8.43. The summed E-state index contributed by atoms with van der Waals surface area (Å²) < 4.78 is 22.6. The molecule has 7 heteroatoms. The Morgan fingerprint density at radius 1 is 1.41 bits per heavy atom. The Hall–Kier alpha value is -1.21. The molecule has 0 N–H and O–H groups in total. The van der Waals surface area contributed by atoms with Gasteiger partial charge in [-0.2, -0.15) is 0 Å². The molecule has 0 radical (unpaired) electrons. The maximum absolute atomic E-state index is 12.2. The predicted octanol–water partition coefficient (Wildman–Crippen LogP) is 1.74. The minimum Gasteiger partial charge on any atom is -0.493 e. The van der Waals surface area contributed by atoms with E-state index in [2.05, 4.69) is 0 Å². The SMILES string of the molecule is CCS(=O)CC(=O)N1CCS[C@@H]1COc1ccccc1OC. The lowest BCUT2D eigenvalue weighted by atomic mass is 10.3. The van der Waals surface area contributed by atoms with E-state index < -0.39 is 10.8 Å². The van der Waals surface area contributed by atoms with E-state index in [0.717, 1.165) is 5.75 Å². The maximum Gasteiger partial charge on any atom is 0.236 e. The molecule has 1 heterocycles. The fourth-order valence-corrected chi connectivity index (χ4v) is 3.95. The van der Waals surface area contributed by atoms with Crippen LogP contribution in [0.3, 0.4) is 0 Å². The lowest BCUT2D eigenvalue weighted by Gasteiger charge is -2.24. The topological polar surface area (TPSA) is 55.8 Å². The van der Waals surface area contributed by atoms with Crippen LogP contribution >= 0.6 is 11.8 Å². The quantitative estimate of drug-likeness (QED) is 0.755. The van der Waals surface area contributed by atoms with Gasteiger partial charge in [0.15, 0.2) is 11.5 Å². The Balaban J connectivity index is 1.94. The zero-order chi connectivity index (χ0) is 15.9. The summed E-state index contributed by atoms with van der Waals surface area (Å²) in [4.78, 5) is 14.0. The van der Waals surface area contributed by atoms with E-state index >= 15 is 0 Å². The van der Waals surface area contributed by atoms with Gasteiger partial charge < -0.3 is 14.4 Å². The molecule has 1 unspecified atom stereocenters. The van der Waals surface area contributed by atoms with E-state index in [1.54, 1.807) is 23.8 Å². The van der Waals surface area contributed by atoms with Gasteiger partial charge in [-0.15, -0.1) is 11.8 Å². The zero-order valence-electron chi connectivity index (χ0n) is 12.8. The predicted molar refractivity (Wildman–Crippen MR) is 90.0 cm³/mol. The monoisotopic (exact) mass is 343 g/mol. The summed E-state index contributed by atoms with van der Waals surface area (Å²) in [5.74, 6) is 2.78. The molecule has 22 heavy (non-hydrogen) atoms. The van der Waals surface area contributed by atoms with Crippen LogP contribution < -0.4 is 9.47 Å². The van der Waals surface area contributed by atoms with Gasteiger partial charge in [0.1, 0.15) is 17.7 Å². The number of methoxy groups -OCH3 is 1. The number of carbonyl (C=O) groups is 1. The van der Waals surface area contributed by atoms with Crippen LogP contribution in [0, 0.1) is 0 Å². The van der Waals surface area contributed by atoms with Crippen molar-refractivity contribution in [2.75, 3.05) is 37.5 Å². The molecule has 0 saturated carbocycles. The highest BCUT2D eigenvalue weighted by atomic mass is 32.2. The van der Waals surface area contributed by atoms with Gasteiger partial charge in [-0.1, -0.05) is 19.1 Å². The van der Waals surface area contributed by atoms with Crippen LogP contribution in [-0.2, 0) is 15.6 Å². The first-order valence-corrected chi connectivity index (χ1v) is 9.71. The average molecular weight is 343 g/mol. The minimum atomic E-state index is -1.07. The Bertz CT molecular complexity index is 538. The fourth-order valence-electron chi connectivity index (χ4n) is 2.17. The van der Waals surface area contributed by atoms with Crippen LogP contribution in [-0.4, -0.2) is 57.9 Å². The molecule has 0 bridgehead atoms. The third-order valence-corrected chi connectivity index (χ3v) is 5.77. The Kier molecular flexibility index (Phi) is 6.57. The second-order valence-electron chi connectivity index (χ2n) is 4.75. The van der Waals surface area contributed by atoms with Crippen molar-refractivity contribution in [3.63, 3.8) is 0 Å². The number of para-hydroxylation sites is 2. The molecule has 2 rings (SSSR count).